The molecule has 2 aromatic carbocycles. The fraction of sp³-hybridized carbons (Fsp3) is 0.235. The molecule has 2 N–H and O–H groups in total. The maximum Gasteiger partial charge on any atom is 0.100 e. The molecule has 0 saturated heterocycles. The van der Waals surface area contributed by atoms with Gasteiger partial charge in [0, 0.05) is 17.5 Å². The first-order chi connectivity index (χ1) is 9.83. The molecule has 1 aliphatic heterocycles. The lowest BCUT2D eigenvalue weighted by Gasteiger charge is -2.19. The second-order valence-electron chi connectivity index (χ2n) is 5.49. The van der Waals surface area contributed by atoms with Gasteiger partial charge in [0.2, 0.25) is 0 Å². The molecule has 2 heterocycles. The van der Waals surface area contributed by atoms with Gasteiger partial charge in [0.05, 0.1) is 5.52 Å². The van der Waals surface area contributed by atoms with Gasteiger partial charge in [0.1, 0.15) is 5.69 Å². The van der Waals surface area contributed by atoms with Crippen LogP contribution in [0.15, 0.2) is 36.4 Å². The Balaban J connectivity index is 1.97. The number of aromatic amines is 1. The summed E-state index contributed by atoms with van der Waals surface area (Å²) in [4.78, 5) is 0. The second-order valence-corrected chi connectivity index (χ2v) is 5.49. The minimum atomic E-state index is 0.963. The molecule has 0 fully saturated rings. The van der Waals surface area contributed by atoms with Crippen LogP contribution >= 0.6 is 0 Å². The van der Waals surface area contributed by atoms with E-state index in [4.69, 9.17) is 0 Å². The van der Waals surface area contributed by atoms with E-state index in [-0.39, 0.29) is 0 Å². The smallest absolute Gasteiger partial charge is 0.100 e. The van der Waals surface area contributed by atoms with Gasteiger partial charge in [-0.3, -0.25) is 5.10 Å². The molecule has 0 amide bonds. The lowest BCUT2D eigenvalue weighted by atomic mass is 9.92. The van der Waals surface area contributed by atoms with Crippen LogP contribution in [0.3, 0.4) is 0 Å². The summed E-state index contributed by atoms with van der Waals surface area (Å²) >= 11 is 0. The van der Waals surface area contributed by atoms with E-state index < -0.39 is 0 Å². The zero-order chi connectivity index (χ0) is 13.5. The van der Waals surface area contributed by atoms with Crippen molar-refractivity contribution in [3.05, 3.63) is 53.1 Å². The number of hydrogen-bond acceptors (Lipinski definition) is 2. The van der Waals surface area contributed by atoms with E-state index in [0.717, 1.165) is 30.7 Å². The van der Waals surface area contributed by atoms with Gasteiger partial charge in [-0.05, 0) is 43.1 Å². The van der Waals surface area contributed by atoms with Crippen molar-refractivity contribution in [1.82, 2.24) is 15.5 Å². The van der Waals surface area contributed by atoms with Crippen LogP contribution in [0.4, 0.5) is 0 Å². The van der Waals surface area contributed by atoms with Crippen molar-refractivity contribution in [2.24, 2.45) is 0 Å². The molecule has 3 heteroatoms. The van der Waals surface area contributed by atoms with Crippen LogP contribution in [0.5, 0.6) is 0 Å². The Kier molecular flexibility index (Phi) is 2.60. The molecular weight excluding hydrogens is 246 g/mol. The molecule has 3 nitrogen and oxygen atoms in total. The van der Waals surface area contributed by atoms with Gasteiger partial charge in [-0.25, -0.2) is 0 Å². The van der Waals surface area contributed by atoms with Crippen molar-refractivity contribution in [3.63, 3.8) is 0 Å². The molecule has 0 saturated carbocycles. The van der Waals surface area contributed by atoms with Crippen molar-refractivity contribution in [2.45, 2.75) is 19.9 Å². The van der Waals surface area contributed by atoms with Crippen LogP contribution in [-0.4, -0.2) is 16.7 Å². The van der Waals surface area contributed by atoms with Gasteiger partial charge in [-0.15, -0.1) is 0 Å². The molecule has 0 aliphatic carbocycles. The SMILES string of the molecule is Cc1ccc2[nH]nc(-c3cccc4c3CCNC4)c2c1. The van der Waals surface area contributed by atoms with Crippen LogP contribution in [0, 0.1) is 6.92 Å². The summed E-state index contributed by atoms with van der Waals surface area (Å²) in [6.07, 6.45) is 1.08. The minimum absolute atomic E-state index is 0.963. The first kappa shape index (κ1) is 11.7. The van der Waals surface area contributed by atoms with Gasteiger partial charge in [0.25, 0.3) is 0 Å². The Morgan fingerprint density at radius 1 is 1.15 bits per heavy atom. The van der Waals surface area contributed by atoms with E-state index in [2.05, 4.69) is 58.8 Å². The van der Waals surface area contributed by atoms with Crippen molar-refractivity contribution in [1.29, 1.82) is 0 Å². The largest absolute Gasteiger partial charge is 0.312 e. The van der Waals surface area contributed by atoms with E-state index in [1.54, 1.807) is 0 Å². The maximum absolute atomic E-state index is 4.57. The van der Waals surface area contributed by atoms with E-state index in [1.165, 1.54) is 27.6 Å². The predicted molar refractivity (Wildman–Crippen MR) is 81.7 cm³/mol. The lowest BCUT2D eigenvalue weighted by molar-refractivity contribution is 0.644. The van der Waals surface area contributed by atoms with E-state index in [1.807, 2.05) is 0 Å². The Labute approximate surface area is 118 Å². The van der Waals surface area contributed by atoms with Crippen molar-refractivity contribution < 1.29 is 0 Å². The third-order valence-electron chi connectivity index (χ3n) is 4.11. The van der Waals surface area contributed by atoms with E-state index >= 15 is 0 Å². The topological polar surface area (TPSA) is 40.7 Å². The second kappa shape index (κ2) is 4.46. The number of benzene rings is 2. The summed E-state index contributed by atoms with van der Waals surface area (Å²) in [5, 5.41) is 12.4. The zero-order valence-corrected chi connectivity index (χ0v) is 11.5. The molecule has 1 aromatic heterocycles. The van der Waals surface area contributed by atoms with Crippen LogP contribution in [0.1, 0.15) is 16.7 Å². The molecule has 3 aromatic rings. The minimum Gasteiger partial charge on any atom is -0.312 e. The summed E-state index contributed by atoms with van der Waals surface area (Å²) in [6.45, 7) is 4.14. The Bertz CT molecular complexity index is 786. The highest BCUT2D eigenvalue weighted by Gasteiger charge is 2.17. The highest BCUT2D eigenvalue weighted by Crippen LogP contribution is 2.32. The molecule has 0 radical (unpaired) electrons. The van der Waals surface area contributed by atoms with Crippen LogP contribution in [0.25, 0.3) is 22.2 Å². The fourth-order valence-electron chi connectivity index (χ4n) is 3.09. The maximum atomic E-state index is 4.57. The average molecular weight is 263 g/mol. The van der Waals surface area contributed by atoms with Crippen LogP contribution in [-0.2, 0) is 13.0 Å². The van der Waals surface area contributed by atoms with Gasteiger partial charge < -0.3 is 5.32 Å². The van der Waals surface area contributed by atoms with Gasteiger partial charge in [0.15, 0.2) is 0 Å². The highest BCUT2D eigenvalue weighted by atomic mass is 15.1. The molecule has 20 heavy (non-hydrogen) atoms. The number of nitrogens with one attached hydrogen (secondary N) is 2. The Hall–Kier alpha value is -2.13. The number of fused-ring (bicyclic) bond motifs is 2. The molecule has 0 bridgehead atoms. The molecular formula is C17H17N3. The van der Waals surface area contributed by atoms with Crippen LogP contribution < -0.4 is 5.32 Å². The molecule has 1 aliphatic rings. The number of aromatic nitrogens is 2. The molecule has 100 valence electrons. The Morgan fingerprint density at radius 2 is 2.10 bits per heavy atom. The third kappa shape index (κ3) is 1.74. The summed E-state index contributed by atoms with van der Waals surface area (Å²) in [5.74, 6) is 0. The first-order valence-electron chi connectivity index (χ1n) is 7.09. The predicted octanol–water partition coefficient (Wildman–Crippen LogP) is 3.18. The number of rotatable bonds is 1. The van der Waals surface area contributed by atoms with Gasteiger partial charge in [-0.2, -0.15) is 5.10 Å². The number of aryl methyl sites for hydroxylation is 1. The van der Waals surface area contributed by atoms with Gasteiger partial charge >= 0.3 is 0 Å². The van der Waals surface area contributed by atoms with Crippen molar-refractivity contribution >= 4 is 10.9 Å². The van der Waals surface area contributed by atoms with Crippen molar-refractivity contribution in [3.8, 4) is 11.3 Å². The van der Waals surface area contributed by atoms with E-state index in [9.17, 15) is 0 Å². The monoisotopic (exact) mass is 263 g/mol. The van der Waals surface area contributed by atoms with E-state index in [0.29, 0.717) is 0 Å². The first-order valence-corrected chi connectivity index (χ1v) is 7.09. The molecule has 0 spiro atoms. The standard InChI is InChI=1S/C17H17N3/c1-11-5-6-16-15(9-11)17(20-19-16)14-4-2-3-12-10-18-8-7-13(12)14/h2-6,9,18H,7-8,10H2,1H3,(H,19,20). The third-order valence-corrected chi connectivity index (χ3v) is 4.11. The van der Waals surface area contributed by atoms with Crippen LogP contribution in [0.2, 0.25) is 0 Å². The Morgan fingerprint density at radius 3 is 3.05 bits per heavy atom. The molecule has 0 atom stereocenters. The normalized spacial score (nSPS) is 14.4. The zero-order valence-electron chi connectivity index (χ0n) is 11.5. The lowest BCUT2D eigenvalue weighted by Crippen LogP contribution is -2.24. The van der Waals surface area contributed by atoms with Gasteiger partial charge in [-0.1, -0.05) is 29.8 Å². The summed E-state index contributed by atoms with van der Waals surface area (Å²) < 4.78 is 0. The molecule has 4 rings (SSSR count). The number of nitrogens with zero attached hydrogens (tertiary/aromatic N) is 1. The number of H-pyrrole nitrogens is 1. The average Bonchev–Trinajstić information content (AvgIpc) is 2.89. The number of hydrogen-bond donors (Lipinski definition) is 2. The molecule has 0 unspecified atom stereocenters. The summed E-state index contributed by atoms with van der Waals surface area (Å²) in [7, 11) is 0. The summed E-state index contributed by atoms with van der Waals surface area (Å²) in [5.41, 5.74) is 7.59. The fourth-order valence-corrected chi connectivity index (χ4v) is 3.09. The van der Waals surface area contributed by atoms with Crippen molar-refractivity contribution in [2.75, 3.05) is 6.54 Å². The summed E-state index contributed by atoms with van der Waals surface area (Å²) in [6, 6.07) is 13.0. The quantitative estimate of drug-likeness (QED) is 0.708. The highest BCUT2D eigenvalue weighted by molar-refractivity contribution is 5.94.